The first-order chi connectivity index (χ1) is 26.7. The number of phenols is 2. The Balaban J connectivity index is 1.70. The number of carbonyl (C=O) groups is 3. The lowest BCUT2D eigenvalue weighted by Gasteiger charge is -2.16. The van der Waals surface area contributed by atoms with Crippen molar-refractivity contribution in [2.24, 2.45) is 30.7 Å². The van der Waals surface area contributed by atoms with Gasteiger partial charge in [-0.3, -0.25) is 48.5 Å². The number of nitro benzene ring substituents is 1. The molecule has 5 rings (SSSR count). The molecule has 4 amide bonds. The van der Waals surface area contributed by atoms with Crippen LogP contribution in [0.2, 0.25) is 0 Å². The van der Waals surface area contributed by atoms with E-state index in [0.717, 1.165) is 12.1 Å². The third kappa shape index (κ3) is 8.76. The number of phenolic OH excluding ortho intramolecular Hbond substituents is 2. The van der Waals surface area contributed by atoms with Gasteiger partial charge in [0.2, 0.25) is 6.04 Å². The maximum Gasteiger partial charge on any atom is 0.328 e. The molecule has 0 aliphatic carbocycles. The van der Waals surface area contributed by atoms with Crippen LogP contribution in [0.4, 0.5) is 38.9 Å². The fourth-order valence-corrected chi connectivity index (χ4v) is 7.36. The van der Waals surface area contributed by atoms with Crippen LogP contribution in [0.15, 0.2) is 98.8 Å². The van der Waals surface area contributed by atoms with E-state index in [2.05, 4.69) is 30.7 Å². The minimum atomic E-state index is -5.53. The Hall–Kier alpha value is -6.81. The maximum absolute atomic E-state index is 12.4. The molecule has 32 heteroatoms. The van der Waals surface area contributed by atoms with Crippen LogP contribution >= 0.6 is 0 Å². The van der Waals surface area contributed by atoms with Gasteiger partial charge in [-0.1, -0.05) is 0 Å². The van der Waals surface area contributed by atoms with E-state index < -0.39 is 145 Å². The molecule has 8 N–H and O–H groups in total. The second-order valence-corrected chi connectivity index (χ2v) is 16.6. The van der Waals surface area contributed by atoms with Crippen LogP contribution in [0.25, 0.3) is 10.8 Å². The van der Waals surface area contributed by atoms with Gasteiger partial charge in [-0.05, 0) is 41.8 Å². The van der Waals surface area contributed by atoms with E-state index in [1.807, 2.05) is 0 Å². The topological polar surface area (TPSA) is 451 Å². The Morgan fingerprint density at radius 3 is 1.45 bits per heavy atom. The maximum atomic E-state index is 12.4. The van der Waals surface area contributed by atoms with Gasteiger partial charge in [-0.2, -0.15) is 43.9 Å². The smallest absolute Gasteiger partial charge is 0.328 e. The molecule has 28 nitrogen and oxygen atoms in total. The summed E-state index contributed by atoms with van der Waals surface area (Å²) < 4.78 is 137. The third-order valence-electron chi connectivity index (χ3n) is 7.23. The Bertz CT molecular complexity index is 3060. The zero-order valence-electron chi connectivity index (χ0n) is 27.5. The Morgan fingerprint density at radius 2 is 1.02 bits per heavy atom. The van der Waals surface area contributed by atoms with E-state index in [1.54, 1.807) is 10.6 Å². The number of urea groups is 1. The van der Waals surface area contributed by atoms with Crippen molar-refractivity contribution in [3.63, 3.8) is 0 Å². The van der Waals surface area contributed by atoms with Gasteiger partial charge in [0.05, 0.1) is 16.0 Å². The molecule has 1 aliphatic heterocycles. The van der Waals surface area contributed by atoms with Crippen molar-refractivity contribution in [2.45, 2.75) is 25.6 Å². The molecule has 1 heterocycles. The van der Waals surface area contributed by atoms with Gasteiger partial charge in [-0.15, -0.1) is 20.5 Å². The summed E-state index contributed by atoms with van der Waals surface area (Å²) in [6, 6.07) is 1.51. The summed E-state index contributed by atoms with van der Waals surface area (Å²) in [5, 5.41) is 55.7. The predicted molar refractivity (Wildman–Crippen MR) is 184 cm³/mol. The second kappa shape index (κ2) is 14.9. The van der Waals surface area contributed by atoms with Gasteiger partial charge < -0.3 is 10.2 Å². The fraction of sp³-hybridized carbons (Fsp3) is 0.0385. The molecule has 304 valence electrons. The van der Waals surface area contributed by atoms with Crippen LogP contribution in [0, 0.1) is 10.1 Å². The first-order valence-corrected chi connectivity index (χ1v) is 20.2. The quantitative estimate of drug-likeness (QED) is 0.0353. The van der Waals surface area contributed by atoms with E-state index in [0.29, 0.717) is 36.4 Å². The first-order valence-electron chi connectivity index (χ1n) is 14.5. The van der Waals surface area contributed by atoms with Gasteiger partial charge in [-0.25, -0.2) is 4.79 Å². The molecule has 1 saturated heterocycles. The molecule has 0 unspecified atom stereocenters. The SMILES string of the molecule is O=C1NC(=O)C(N=Nc2ccc(N=Nc3c(S(=O)(=O)O)cc4cc(S(=O)(=O)O)c(N=Nc5ccc([N+](=O)[O-])cc5S(=O)(=O)O)c(O)c4c3O)c(S(=O)(=O)O)c2)C(=O)N1. The number of fused-ring (bicyclic) bond motifs is 1. The van der Waals surface area contributed by atoms with E-state index in [9.17, 15) is 86.6 Å². The standard InChI is InChI=1S/C26H17N9O19S4/c36-22-18-9(6-17(58(52,53)54)20(23(18)37)33-31-13-4-2-11(35(41)42)8-15(13)56(46,47)48)5-16(57(49,50)51)19(22)32-30-12-3-1-10(7-14(12)55(43,44)45)29-34-21-24(38)27-26(40)28-25(21)39/h1-8,21,36-37H,(H,43,44,45)(H,46,47,48)(H,49,50,51)(H,52,53,54)(H2,27,28,38,39,40). The number of azo groups is 3. The van der Waals surface area contributed by atoms with Crippen LogP contribution in [-0.2, 0) is 50.1 Å². The molecule has 0 aromatic heterocycles. The molecular weight excluding hydrogens is 871 g/mol. The summed E-state index contributed by atoms with van der Waals surface area (Å²) in [6.07, 6.45) is 0. The molecule has 58 heavy (non-hydrogen) atoms. The monoisotopic (exact) mass is 887 g/mol. The minimum absolute atomic E-state index is 0.333. The number of aromatic hydroxyl groups is 2. The summed E-state index contributed by atoms with van der Waals surface area (Å²) in [7, 11) is -21.7. The average Bonchev–Trinajstić information content (AvgIpc) is 3.08. The fourth-order valence-electron chi connectivity index (χ4n) is 4.76. The highest BCUT2D eigenvalue weighted by atomic mass is 32.2. The van der Waals surface area contributed by atoms with E-state index >= 15 is 0 Å². The van der Waals surface area contributed by atoms with Crippen molar-refractivity contribution in [1.82, 2.24) is 10.6 Å². The van der Waals surface area contributed by atoms with Crippen molar-refractivity contribution in [2.75, 3.05) is 0 Å². The van der Waals surface area contributed by atoms with Crippen LogP contribution in [0.5, 0.6) is 11.5 Å². The lowest BCUT2D eigenvalue weighted by Crippen LogP contribution is -2.57. The van der Waals surface area contributed by atoms with Crippen LogP contribution in [0.3, 0.4) is 0 Å². The van der Waals surface area contributed by atoms with Crippen LogP contribution in [0.1, 0.15) is 0 Å². The second-order valence-electron chi connectivity index (χ2n) is 11.0. The molecule has 4 aromatic rings. The molecule has 0 bridgehead atoms. The van der Waals surface area contributed by atoms with Crippen molar-refractivity contribution in [1.29, 1.82) is 0 Å². The molecule has 0 spiro atoms. The molecule has 0 radical (unpaired) electrons. The number of imide groups is 2. The van der Waals surface area contributed by atoms with Gasteiger partial charge >= 0.3 is 6.03 Å². The summed E-state index contributed by atoms with van der Waals surface area (Å²) in [6.45, 7) is 0. The highest BCUT2D eigenvalue weighted by Gasteiger charge is 2.35. The minimum Gasteiger partial charge on any atom is -0.505 e. The Morgan fingerprint density at radius 1 is 0.586 bits per heavy atom. The van der Waals surface area contributed by atoms with Gasteiger partial charge in [0.15, 0.2) is 11.5 Å². The molecule has 0 saturated carbocycles. The number of non-ortho nitro benzene ring substituents is 1. The van der Waals surface area contributed by atoms with E-state index in [-0.39, 0.29) is 0 Å². The normalized spacial score (nSPS) is 14.8. The summed E-state index contributed by atoms with van der Waals surface area (Å²) in [4.78, 5) is 39.9. The van der Waals surface area contributed by atoms with Crippen molar-refractivity contribution in [3.8, 4) is 11.5 Å². The van der Waals surface area contributed by atoms with Gasteiger partial charge in [0.1, 0.15) is 42.3 Å². The number of amides is 4. The lowest BCUT2D eigenvalue weighted by atomic mass is 10.1. The van der Waals surface area contributed by atoms with Crippen molar-refractivity contribution < 1.29 is 81.4 Å². The average molecular weight is 888 g/mol. The Kier molecular flexibility index (Phi) is 10.9. The number of carbonyl (C=O) groups excluding carboxylic acids is 3. The number of nitrogens with zero attached hydrogens (tertiary/aromatic N) is 7. The lowest BCUT2D eigenvalue weighted by molar-refractivity contribution is -0.385. The molecule has 1 fully saturated rings. The zero-order chi connectivity index (χ0) is 43.3. The first kappa shape index (κ1) is 42.3. The number of hydrogen-bond acceptors (Lipinski definition) is 21. The van der Waals surface area contributed by atoms with Crippen molar-refractivity contribution >= 4 is 103 Å². The number of hydrogen-bond donors (Lipinski definition) is 8. The summed E-state index contributed by atoms with van der Waals surface area (Å²) in [5.41, 5.74) is -5.75. The number of barbiturate groups is 1. The number of nitro groups is 1. The van der Waals surface area contributed by atoms with E-state index in [1.165, 1.54) is 0 Å². The highest BCUT2D eigenvalue weighted by molar-refractivity contribution is 7.86. The summed E-state index contributed by atoms with van der Waals surface area (Å²) in [5.74, 6) is -5.37. The number of rotatable bonds is 11. The van der Waals surface area contributed by atoms with Crippen LogP contribution < -0.4 is 10.6 Å². The predicted octanol–water partition coefficient (Wildman–Crippen LogP) is 2.80. The summed E-state index contributed by atoms with van der Waals surface area (Å²) >= 11 is 0. The Labute approximate surface area is 320 Å². The highest BCUT2D eigenvalue weighted by Crippen LogP contribution is 2.50. The third-order valence-corrected chi connectivity index (χ3v) is 10.7. The number of nitrogens with one attached hydrogen (secondary N) is 2. The van der Waals surface area contributed by atoms with E-state index in [4.69, 9.17) is 0 Å². The molecule has 1 aliphatic rings. The number of benzene rings is 4. The molecule has 4 aromatic carbocycles. The van der Waals surface area contributed by atoms with Crippen LogP contribution in [-0.4, -0.2) is 90.9 Å². The van der Waals surface area contributed by atoms with Gasteiger partial charge in [0, 0.05) is 12.1 Å². The van der Waals surface area contributed by atoms with Gasteiger partial charge in [0.25, 0.3) is 58.0 Å². The molecular formula is C26H17N9O19S4. The molecule has 0 atom stereocenters. The van der Waals surface area contributed by atoms with Crippen molar-refractivity contribution in [3.05, 3.63) is 58.6 Å². The largest absolute Gasteiger partial charge is 0.505 e. The zero-order valence-corrected chi connectivity index (χ0v) is 30.7.